The molecule has 0 saturated heterocycles. The molecular weight excluding hydrogens is 386 g/mol. The van der Waals surface area contributed by atoms with Crippen molar-refractivity contribution in [2.45, 2.75) is 13.2 Å². The normalized spacial score (nSPS) is 11.1. The van der Waals surface area contributed by atoms with Gasteiger partial charge in [0.05, 0.1) is 11.3 Å². The lowest BCUT2D eigenvalue weighted by Crippen LogP contribution is -2.11. The monoisotopic (exact) mass is 399 g/mol. The lowest BCUT2D eigenvalue weighted by Gasteiger charge is -2.12. The molecule has 0 aliphatic carbocycles. The van der Waals surface area contributed by atoms with Gasteiger partial charge in [0.15, 0.2) is 11.5 Å². The summed E-state index contributed by atoms with van der Waals surface area (Å²) < 4.78 is 57.7. The highest BCUT2D eigenvalue weighted by atomic mass is 19.3. The quantitative estimate of drug-likeness (QED) is 0.512. The second-order valence-electron chi connectivity index (χ2n) is 5.14. The summed E-state index contributed by atoms with van der Waals surface area (Å²) in [6, 6.07) is 8.92. The molecule has 0 heterocycles. The van der Waals surface area contributed by atoms with Crippen LogP contribution < -0.4 is 14.8 Å². The number of para-hydroxylation sites is 1. The van der Waals surface area contributed by atoms with Gasteiger partial charge in [-0.15, -0.1) is 0 Å². The van der Waals surface area contributed by atoms with Crippen LogP contribution in [0.15, 0.2) is 48.5 Å². The molecule has 0 aliphatic rings. The van der Waals surface area contributed by atoms with Gasteiger partial charge in [-0.1, -0.05) is 18.2 Å². The third kappa shape index (κ3) is 6.01. The van der Waals surface area contributed by atoms with E-state index in [1.807, 2.05) is 0 Å². The van der Waals surface area contributed by atoms with Crippen LogP contribution in [0.4, 0.5) is 23.2 Å². The van der Waals surface area contributed by atoms with Crippen molar-refractivity contribution in [3.05, 3.63) is 59.7 Å². The first kappa shape index (κ1) is 20.7. The fourth-order valence-corrected chi connectivity index (χ4v) is 2.13. The summed E-state index contributed by atoms with van der Waals surface area (Å²) in [5.41, 5.74) is 0.122. The van der Waals surface area contributed by atoms with E-state index in [9.17, 15) is 27.2 Å². The van der Waals surface area contributed by atoms with E-state index < -0.39 is 36.6 Å². The first-order chi connectivity index (χ1) is 13.3. The van der Waals surface area contributed by atoms with E-state index in [1.54, 1.807) is 0 Å². The van der Waals surface area contributed by atoms with Crippen LogP contribution in [0, 0.1) is 0 Å². The molecular formula is C18H13F4NO5. The Morgan fingerprint density at radius 1 is 0.964 bits per heavy atom. The highest BCUT2D eigenvalue weighted by molar-refractivity contribution is 6.06. The Morgan fingerprint density at radius 2 is 1.61 bits per heavy atom. The number of halogens is 4. The molecule has 28 heavy (non-hydrogen) atoms. The third-order valence-corrected chi connectivity index (χ3v) is 3.24. The number of ether oxygens (including phenoxy) is 2. The molecule has 2 rings (SSSR count). The molecule has 0 bridgehead atoms. The molecule has 10 heteroatoms. The van der Waals surface area contributed by atoms with E-state index in [0.717, 1.165) is 18.2 Å². The van der Waals surface area contributed by atoms with Crippen LogP contribution in [0.2, 0.25) is 0 Å². The van der Waals surface area contributed by atoms with Crippen LogP contribution in [0.3, 0.4) is 0 Å². The predicted molar refractivity (Wildman–Crippen MR) is 90.8 cm³/mol. The summed E-state index contributed by atoms with van der Waals surface area (Å²) in [7, 11) is 0. The smallest absolute Gasteiger partial charge is 0.387 e. The van der Waals surface area contributed by atoms with Crippen molar-refractivity contribution in [2.75, 3.05) is 5.32 Å². The van der Waals surface area contributed by atoms with E-state index in [4.69, 9.17) is 5.11 Å². The van der Waals surface area contributed by atoms with Crippen molar-refractivity contribution in [3.8, 4) is 11.5 Å². The molecule has 0 radical (unpaired) electrons. The number of carboxylic acids is 1. The van der Waals surface area contributed by atoms with Gasteiger partial charge in [0.1, 0.15) is 0 Å². The van der Waals surface area contributed by atoms with Crippen LogP contribution in [0.5, 0.6) is 11.5 Å². The number of anilines is 1. The zero-order valence-electron chi connectivity index (χ0n) is 13.9. The largest absolute Gasteiger partial charge is 0.478 e. The maximum atomic E-state index is 12.4. The van der Waals surface area contributed by atoms with Crippen molar-refractivity contribution in [1.82, 2.24) is 0 Å². The molecule has 0 fully saturated rings. The summed E-state index contributed by atoms with van der Waals surface area (Å²) >= 11 is 0. The summed E-state index contributed by atoms with van der Waals surface area (Å²) in [5.74, 6) is -3.15. The molecule has 0 spiro atoms. The molecule has 2 aromatic rings. The molecule has 2 aromatic carbocycles. The number of nitrogens with one attached hydrogen (secondary N) is 1. The summed E-state index contributed by atoms with van der Waals surface area (Å²) in [6.07, 6.45) is 2.21. The Hall–Kier alpha value is -3.56. The number of benzene rings is 2. The van der Waals surface area contributed by atoms with Crippen LogP contribution in [0.25, 0.3) is 6.08 Å². The molecule has 2 N–H and O–H groups in total. The average Bonchev–Trinajstić information content (AvgIpc) is 2.61. The van der Waals surface area contributed by atoms with Gasteiger partial charge in [0.2, 0.25) is 5.91 Å². The summed E-state index contributed by atoms with van der Waals surface area (Å²) in [6.45, 7) is -6.50. The second-order valence-corrected chi connectivity index (χ2v) is 5.14. The van der Waals surface area contributed by atoms with Crippen LogP contribution in [-0.4, -0.2) is 30.2 Å². The van der Waals surface area contributed by atoms with Gasteiger partial charge >= 0.3 is 19.2 Å². The van der Waals surface area contributed by atoms with Gasteiger partial charge in [-0.3, -0.25) is 4.79 Å². The van der Waals surface area contributed by atoms with E-state index in [0.29, 0.717) is 0 Å². The zero-order valence-corrected chi connectivity index (χ0v) is 13.9. The minimum Gasteiger partial charge on any atom is -0.478 e. The second kappa shape index (κ2) is 9.40. The maximum absolute atomic E-state index is 12.4. The van der Waals surface area contributed by atoms with Crippen LogP contribution in [0.1, 0.15) is 15.9 Å². The number of alkyl halides is 4. The minimum absolute atomic E-state index is 0.0621. The van der Waals surface area contributed by atoms with Crippen LogP contribution in [-0.2, 0) is 4.79 Å². The molecule has 0 aliphatic heterocycles. The highest BCUT2D eigenvalue weighted by Crippen LogP contribution is 2.31. The topological polar surface area (TPSA) is 84.9 Å². The van der Waals surface area contributed by atoms with Gasteiger partial charge in [0, 0.05) is 6.08 Å². The van der Waals surface area contributed by atoms with Crippen molar-refractivity contribution in [1.29, 1.82) is 0 Å². The van der Waals surface area contributed by atoms with E-state index >= 15 is 0 Å². The van der Waals surface area contributed by atoms with Crippen molar-refractivity contribution >= 4 is 23.6 Å². The molecule has 0 unspecified atom stereocenters. The molecule has 0 saturated carbocycles. The predicted octanol–water partition coefficient (Wildman–Crippen LogP) is 4.24. The van der Waals surface area contributed by atoms with Gasteiger partial charge in [0.25, 0.3) is 0 Å². The minimum atomic E-state index is -3.27. The zero-order chi connectivity index (χ0) is 20.7. The van der Waals surface area contributed by atoms with E-state index in [-0.39, 0.29) is 16.8 Å². The average molecular weight is 399 g/mol. The number of hydrogen-bond donors (Lipinski definition) is 2. The van der Waals surface area contributed by atoms with Crippen molar-refractivity contribution in [2.24, 2.45) is 0 Å². The first-order valence-electron chi connectivity index (χ1n) is 7.61. The standard InChI is InChI=1S/C18H13F4NO5/c19-17(20)27-13-7-5-10(9-14(13)28-18(21)22)6-8-15(24)23-12-4-2-1-3-11(12)16(25)26/h1-9,17-18H,(H,23,24)(H,25,26)/b8-6+. The molecule has 148 valence electrons. The van der Waals surface area contributed by atoms with Gasteiger partial charge in [-0.25, -0.2) is 4.79 Å². The fraction of sp³-hybridized carbons (Fsp3) is 0.111. The number of carbonyl (C=O) groups excluding carboxylic acids is 1. The molecule has 0 atom stereocenters. The Balaban J connectivity index is 2.16. The van der Waals surface area contributed by atoms with Gasteiger partial charge < -0.3 is 19.9 Å². The first-order valence-corrected chi connectivity index (χ1v) is 7.61. The maximum Gasteiger partial charge on any atom is 0.387 e. The lowest BCUT2D eigenvalue weighted by molar-refractivity contribution is -0.111. The molecule has 0 aromatic heterocycles. The molecule has 1 amide bonds. The Bertz CT molecular complexity index is 886. The number of carboxylic acid groups (broad SMARTS) is 1. The van der Waals surface area contributed by atoms with Crippen molar-refractivity contribution in [3.63, 3.8) is 0 Å². The third-order valence-electron chi connectivity index (χ3n) is 3.24. The lowest BCUT2D eigenvalue weighted by atomic mass is 10.1. The van der Waals surface area contributed by atoms with Crippen molar-refractivity contribution < 1.29 is 41.7 Å². The SMILES string of the molecule is O=C(/C=C/c1ccc(OC(F)F)c(OC(F)F)c1)Nc1ccccc1C(=O)O. The summed E-state index contributed by atoms with van der Waals surface area (Å²) in [5, 5.41) is 11.4. The summed E-state index contributed by atoms with van der Waals surface area (Å²) in [4.78, 5) is 23.1. The Kier molecular flexibility index (Phi) is 6.96. The van der Waals surface area contributed by atoms with E-state index in [1.165, 1.54) is 36.4 Å². The number of hydrogen-bond acceptors (Lipinski definition) is 4. The van der Waals surface area contributed by atoms with Crippen LogP contribution >= 0.6 is 0 Å². The number of aromatic carboxylic acids is 1. The van der Waals surface area contributed by atoms with Gasteiger partial charge in [-0.2, -0.15) is 17.6 Å². The number of amides is 1. The highest BCUT2D eigenvalue weighted by Gasteiger charge is 2.15. The Morgan fingerprint density at radius 3 is 2.25 bits per heavy atom. The molecule has 6 nitrogen and oxygen atoms in total. The number of rotatable bonds is 8. The Labute approximate surface area is 156 Å². The van der Waals surface area contributed by atoms with Gasteiger partial charge in [-0.05, 0) is 35.9 Å². The fourth-order valence-electron chi connectivity index (χ4n) is 2.13. The number of carbonyl (C=O) groups is 2. The van der Waals surface area contributed by atoms with E-state index in [2.05, 4.69) is 14.8 Å².